The van der Waals surface area contributed by atoms with Gasteiger partial charge in [0, 0.05) is 0 Å². The van der Waals surface area contributed by atoms with Gasteiger partial charge >= 0.3 is 5.97 Å². The molecule has 0 rings (SSSR count). The van der Waals surface area contributed by atoms with Crippen molar-refractivity contribution in [2.75, 3.05) is 0 Å². The summed E-state index contributed by atoms with van der Waals surface area (Å²) in [6.07, 6.45) is 26.1. The second-order valence-electron chi connectivity index (χ2n) is 8.36. The maximum Gasteiger partial charge on any atom is 0.332 e. The molecule has 0 heterocycles. The highest BCUT2D eigenvalue weighted by Gasteiger charge is 2.11. The lowest BCUT2D eigenvalue weighted by molar-refractivity contribution is -0.146. The molecule has 0 aromatic rings. The van der Waals surface area contributed by atoms with E-state index in [0.29, 0.717) is 6.42 Å². The summed E-state index contributed by atoms with van der Waals surface area (Å²) in [6, 6.07) is 0. The molecule has 0 aliphatic rings. The number of aliphatic hydroxyl groups is 1. The zero-order chi connectivity index (χ0) is 20.0. The molecule has 0 saturated carbocycles. The van der Waals surface area contributed by atoms with Gasteiger partial charge in [-0.15, -0.1) is 0 Å². The smallest absolute Gasteiger partial charge is 0.332 e. The number of carboxylic acid groups (broad SMARTS) is 1. The van der Waals surface area contributed by atoms with Crippen LogP contribution in [-0.2, 0) is 4.79 Å². The standard InChI is InChI=1S/C24H48O3/c1-2-3-4-5-6-7-8-9-10-11-12-13-14-15-16-17-18-19-20-21-22-23(25)24(26)27/h23,25H,2-22H2,1H3,(H,26,27). The summed E-state index contributed by atoms with van der Waals surface area (Å²) in [5.74, 6) is -1.09. The molecule has 3 heteroatoms. The van der Waals surface area contributed by atoms with Gasteiger partial charge in [0.1, 0.15) is 0 Å². The summed E-state index contributed by atoms with van der Waals surface area (Å²) >= 11 is 0. The van der Waals surface area contributed by atoms with Crippen LogP contribution in [-0.4, -0.2) is 22.3 Å². The Kier molecular flexibility index (Phi) is 21.3. The van der Waals surface area contributed by atoms with E-state index < -0.39 is 12.1 Å². The van der Waals surface area contributed by atoms with E-state index in [1.807, 2.05) is 0 Å². The molecule has 0 aliphatic heterocycles. The van der Waals surface area contributed by atoms with Crippen molar-refractivity contribution in [2.45, 2.75) is 148 Å². The van der Waals surface area contributed by atoms with Gasteiger partial charge in [0.05, 0.1) is 0 Å². The number of aliphatic carboxylic acids is 1. The van der Waals surface area contributed by atoms with E-state index >= 15 is 0 Å². The third-order valence-corrected chi connectivity index (χ3v) is 5.62. The van der Waals surface area contributed by atoms with Crippen molar-refractivity contribution < 1.29 is 15.0 Å². The topological polar surface area (TPSA) is 57.5 Å². The maximum atomic E-state index is 10.5. The average molecular weight is 385 g/mol. The molecule has 3 nitrogen and oxygen atoms in total. The fraction of sp³-hybridized carbons (Fsp3) is 0.958. The predicted molar refractivity (Wildman–Crippen MR) is 116 cm³/mol. The zero-order valence-corrected chi connectivity index (χ0v) is 18.2. The molecule has 0 aromatic carbocycles. The van der Waals surface area contributed by atoms with Crippen molar-refractivity contribution in [3.63, 3.8) is 0 Å². The normalized spacial score (nSPS) is 12.4. The highest BCUT2D eigenvalue weighted by atomic mass is 16.4. The lowest BCUT2D eigenvalue weighted by Gasteiger charge is -2.05. The van der Waals surface area contributed by atoms with Gasteiger partial charge in [-0.3, -0.25) is 0 Å². The first-order chi connectivity index (χ1) is 13.2. The van der Waals surface area contributed by atoms with Gasteiger partial charge < -0.3 is 10.2 Å². The van der Waals surface area contributed by atoms with Crippen LogP contribution in [0.5, 0.6) is 0 Å². The van der Waals surface area contributed by atoms with Gasteiger partial charge in [-0.05, 0) is 6.42 Å². The monoisotopic (exact) mass is 384 g/mol. The van der Waals surface area contributed by atoms with Crippen molar-refractivity contribution in [1.82, 2.24) is 0 Å². The van der Waals surface area contributed by atoms with Gasteiger partial charge in [-0.2, -0.15) is 0 Å². The molecule has 0 saturated heterocycles. The number of carboxylic acids is 1. The number of hydrogen-bond donors (Lipinski definition) is 2. The Balaban J connectivity index is 3.04. The fourth-order valence-electron chi connectivity index (χ4n) is 3.72. The number of unbranched alkanes of at least 4 members (excludes halogenated alkanes) is 19. The molecule has 1 atom stereocenters. The van der Waals surface area contributed by atoms with Gasteiger partial charge in [0.25, 0.3) is 0 Å². The van der Waals surface area contributed by atoms with Gasteiger partial charge in [0.2, 0.25) is 0 Å². The Bertz CT molecular complexity index is 304. The van der Waals surface area contributed by atoms with Crippen molar-refractivity contribution in [1.29, 1.82) is 0 Å². The lowest BCUT2D eigenvalue weighted by atomic mass is 10.0. The highest BCUT2D eigenvalue weighted by Crippen LogP contribution is 2.15. The minimum Gasteiger partial charge on any atom is -0.479 e. The zero-order valence-electron chi connectivity index (χ0n) is 18.2. The predicted octanol–water partition coefficient (Wildman–Crippen LogP) is 7.64. The van der Waals surface area contributed by atoms with Crippen LogP contribution in [0.1, 0.15) is 142 Å². The second kappa shape index (κ2) is 21.7. The van der Waals surface area contributed by atoms with Crippen LogP contribution in [0.25, 0.3) is 0 Å². The molecular formula is C24H48O3. The molecule has 162 valence electrons. The Labute approximate surface area is 169 Å². The Morgan fingerprint density at radius 1 is 0.556 bits per heavy atom. The maximum absolute atomic E-state index is 10.5. The highest BCUT2D eigenvalue weighted by molar-refractivity contribution is 5.71. The van der Waals surface area contributed by atoms with E-state index in [-0.39, 0.29) is 0 Å². The molecule has 0 aromatic heterocycles. The molecule has 0 aliphatic carbocycles. The number of aliphatic hydroxyl groups excluding tert-OH is 1. The summed E-state index contributed by atoms with van der Waals surface area (Å²) in [7, 11) is 0. The number of rotatable bonds is 22. The van der Waals surface area contributed by atoms with E-state index in [2.05, 4.69) is 6.92 Å². The Hall–Kier alpha value is -0.570. The fourth-order valence-corrected chi connectivity index (χ4v) is 3.72. The SMILES string of the molecule is CCCCCCCCCCCCCCCCCCCCCCC(O)C(=O)O. The second-order valence-corrected chi connectivity index (χ2v) is 8.36. The van der Waals surface area contributed by atoms with Crippen molar-refractivity contribution in [3.8, 4) is 0 Å². The Morgan fingerprint density at radius 3 is 1.07 bits per heavy atom. The molecule has 2 N–H and O–H groups in total. The van der Waals surface area contributed by atoms with Crippen LogP contribution in [0.3, 0.4) is 0 Å². The molecule has 0 fully saturated rings. The van der Waals surface area contributed by atoms with Gasteiger partial charge in [0.15, 0.2) is 6.10 Å². The van der Waals surface area contributed by atoms with Crippen LogP contribution < -0.4 is 0 Å². The van der Waals surface area contributed by atoms with Gasteiger partial charge in [-0.1, -0.05) is 135 Å². The largest absolute Gasteiger partial charge is 0.479 e. The summed E-state index contributed by atoms with van der Waals surface area (Å²) in [4.78, 5) is 10.5. The molecule has 0 bridgehead atoms. The third-order valence-electron chi connectivity index (χ3n) is 5.62. The molecular weight excluding hydrogens is 336 g/mol. The molecule has 0 radical (unpaired) electrons. The first kappa shape index (κ1) is 26.4. The number of carbonyl (C=O) groups is 1. The lowest BCUT2D eigenvalue weighted by Crippen LogP contribution is -2.18. The molecule has 0 amide bonds. The van der Waals surface area contributed by atoms with Crippen LogP contribution >= 0.6 is 0 Å². The Morgan fingerprint density at radius 2 is 0.815 bits per heavy atom. The van der Waals surface area contributed by atoms with Crippen LogP contribution in [0.2, 0.25) is 0 Å². The third kappa shape index (κ3) is 21.6. The first-order valence-electron chi connectivity index (χ1n) is 12.1. The summed E-state index contributed by atoms with van der Waals surface area (Å²) in [5.41, 5.74) is 0. The van der Waals surface area contributed by atoms with Crippen LogP contribution in [0.15, 0.2) is 0 Å². The van der Waals surface area contributed by atoms with E-state index in [1.165, 1.54) is 116 Å². The van der Waals surface area contributed by atoms with Gasteiger partial charge in [-0.25, -0.2) is 4.79 Å². The van der Waals surface area contributed by atoms with E-state index in [4.69, 9.17) is 5.11 Å². The number of hydrogen-bond acceptors (Lipinski definition) is 2. The minimum atomic E-state index is -1.17. The van der Waals surface area contributed by atoms with Crippen molar-refractivity contribution in [3.05, 3.63) is 0 Å². The van der Waals surface area contributed by atoms with Crippen LogP contribution in [0, 0.1) is 0 Å². The summed E-state index contributed by atoms with van der Waals surface area (Å²) < 4.78 is 0. The minimum absolute atomic E-state index is 0.397. The van der Waals surface area contributed by atoms with E-state index in [9.17, 15) is 9.90 Å². The summed E-state index contributed by atoms with van der Waals surface area (Å²) in [6.45, 7) is 2.28. The first-order valence-corrected chi connectivity index (χ1v) is 12.1. The molecule has 1 unspecified atom stereocenters. The average Bonchev–Trinajstić information content (AvgIpc) is 2.66. The van der Waals surface area contributed by atoms with Crippen LogP contribution in [0.4, 0.5) is 0 Å². The van der Waals surface area contributed by atoms with Crippen molar-refractivity contribution in [2.24, 2.45) is 0 Å². The summed E-state index contributed by atoms with van der Waals surface area (Å²) in [5, 5.41) is 17.8. The molecule has 0 spiro atoms. The van der Waals surface area contributed by atoms with E-state index in [1.54, 1.807) is 0 Å². The van der Waals surface area contributed by atoms with Crippen molar-refractivity contribution >= 4 is 5.97 Å². The quantitative estimate of drug-likeness (QED) is 0.188. The van der Waals surface area contributed by atoms with E-state index in [0.717, 1.165) is 12.8 Å². The molecule has 27 heavy (non-hydrogen) atoms.